The first-order valence-corrected chi connectivity index (χ1v) is 7.28. The molecule has 7 heteroatoms. The van der Waals surface area contributed by atoms with Gasteiger partial charge in [-0.15, -0.1) is 0 Å². The van der Waals surface area contributed by atoms with Crippen LogP contribution in [-0.2, 0) is 12.7 Å². The van der Waals surface area contributed by atoms with Crippen molar-refractivity contribution in [1.82, 2.24) is 4.90 Å². The van der Waals surface area contributed by atoms with Crippen molar-refractivity contribution in [3.8, 4) is 0 Å². The van der Waals surface area contributed by atoms with Gasteiger partial charge in [-0.05, 0) is 23.8 Å². The van der Waals surface area contributed by atoms with Crippen molar-refractivity contribution in [3.05, 3.63) is 65.7 Å². The molecule has 0 fully saturated rings. The normalized spacial score (nSPS) is 11.2. The minimum Gasteiger partial charge on any atom is -0.395 e. The van der Waals surface area contributed by atoms with E-state index < -0.39 is 17.8 Å². The van der Waals surface area contributed by atoms with E-state index in [9.17, 15) is 18.0 Å². The summed E-state index contributed by atoms with van der Waals surface area (Å²) in [5.74, 6) is 0. The summed E-state index contributed by atoms with van der Waals surface area (Å²) in [4.78, 5) is 13.6. The van der Waals surface area contributed by atoms with Crippen LogP contribution >= 0.6 is 0 Å². The molecule has 2 aromatic rings. The Morgan fingerprint density at radius 3 is 2.42 bits per heavy atom. The zero-order valence-corrected chi connectivity index (χ0v) is 12.8. The average molecular weight is 338 g/mol. The van der Waals surface area contributed by atoms with E-state index in [1.165, 1.54) is 17.0 Å². The highest BCUT2D eigenvalue weighted by Gasteiger charge is 2.30. The molecule has 4 nitrogen and oxygen atoms in total. The van der Waals surface area contributed by atoms with Crippen LogP contribution in [0.25, 0.3) is 0 Å². The molecule has 24 heavy (non-hydrogen) atoms. The van der Waals surface area contributed by atoms with Crippen molar-refractivity contribution in [2.24, 2.45) is 0 Å². The molecule has 0 aliphatic carbocycles. The third kappa shape index (κ3) is 4.99. The van der Waals surface area contributed by atoms with Gasteiger partial charge in [-0.3, -0.25) is 0 Å². The number of rotatable bonds is 5. The van der Waals surface area contributed by atoms with Crippen LogP contribution in [0.15, 0.2) is 54.6 Å². The summed E-state index contributed by atoms with van der Waals surface area (Å²) in [5, 5.41) is 11.5. The second-order valence-electron chi connectivity index (χ2n) is 5.14. The molecule has 0 aromatic heterocycles. The maximum Gasteiger partial charge on any atom is 0.416 e. The molecule has 0 radical (unpaired) electrons. The number of alkyl halides is 3. The molecule has 0 atom stereocenters. The number of carbonyl (C=O) groups excluding carboxylic acids is 1. The van der Waals surface area contributed by atoms with Crippen molar-refractivity contribution in [2.45, 2.75) is 12.7 Å². The maximum atomic E-state index is 12.7. The van der Waals surface area contributed by atoms with Gasteiger partial charge >= 0.3 is 12.2 Å². The largest absolute Gasteiger partial charge is 0.416 e. The van der Waals surface area contributed by atoms with Crippen LogP contribution in [0, 0.1) is 0 Å². The molecule has 128 valence electrons. The highest BCUT2D eigenvalue weighted by molar-refractivity contribution is 5.89. The summed E-state index contributed by atoms with van der Waals surface area (Å²) >= 11 is 0. The lowest BCUT2D eigenvalue weighted by Crippen LogP contribution is -2.36. The number of aliphatic hydroxyl groups excluding tert-OH is 1. The van der Waals surface area contributed by atoms with Crippen LogP contribution in [0.4, 0.5) is 23.7 Å². The third-order valence-electron chi connectivity index (χ3n) is 3.31. The fourth-order valence-electron chi connectivity index (χ4n) is 2.15. The molecule has 2 aromatic carbocycles. The van der Waals surface area contributed by atoms with E-state index in [4.69, 9.17) is 5.11 Å². The molecule has 0 saturated carbocycles. The lowest BCUT2D eigenvalue weighted by Gasteiger charge is -2.22. The Morgan fingerprint density at radius 2 is 1.79 bits per heavy atom. The van der Waals surface area contributed by atoms with Gasteiger partial charge in [0.1, 0.15) is 0 Å². The number of hydrogen-bond donors (Lipinski definition) is 2. The number of nitrogens with zero attached hydrogens (tertiary/aromatic N) is 1. The van der Waals surface area contributed by atoms with E-state index >= 15 is 0 Å². The zero-order chi connectivity index (χ0) is 17.6. The highest BCUT2D eigenvalue weighted by Crippen LogP contribution is 2.30. The fraction of sp³-hybridized carbons (Fsp3) is 0.235. The van der Waals surface area contributed by atoms with E-state index in [0.717, 1.165) is 17.7 Å². The minimum atomic E-state index is -4.48. The number of benzene rings is 2. The van der Waals surface area contributed by atoms with E-state index in [1.54, 1.807) is 0 Å². The van der Waals surface area contributed by atoms with Gasteiger partial charge < -0.3 is 15.3 Å². The second kappa shape index (κ2) is 7.83. The molecular formula is C17H17F3N2O2. The number of aliphatic hydroxyl groups is 1. The van der Waals surface area contributed by atoms with Gasteiger partial charge in [0, 0.05) is 18.8 Å². The predicted molar refractivity (Wildman–Crippen MR) is 84.4 cm³/mol. The molecule has 2 N–H and O–H groups in total. The van der Waals surface area contributed by atoms with Gasteiger partial charge in [0.2, 0.25) is 0 Å². The quantitative estimate of drug-likeness (QED) is 0.873. The SMILES string of the molecule is O=C(Nc1cccc(C(F)(F)F)c1)N(CCO)Cc1ccccc1. The number of nitrogens with one attached hydrogen (secondary N) is 1. The van der Waals surface area contributed by atoms with Crippen LogP contribution < -0.4 is 5.32 Å². The van der Waals surface area contributed by atoms with Gasteiger partial charge in [-0.1, -0.05) is 36.4 Å². The monoisotopic (exact) mass is 338 g/mol. The number of carbonyl (C=O) groups is 1. The Morgan fingerprint density at radius 1 is 1.08 bits per heavy atom. The van der Waals surface area contributed by atoms with Gasteiger partial charge in [0.15, 0.2) is 0 Å². The first-order valence-electron chi connectivity index (χ1n) is 7.28. The molecular weight excluding hydrogens is 321 g/mol. The zero-order valence-electron chi connectivity index (χ0n) is 12.8. The Balaban J connectivity index is 2.10. The summed E-state index contributed by atoms with van der Waals surface area (Å²) < 4.78 is 38.1. The molecule has 0 bridgehead atoms. The summed E-state index contributed by atoms with van der Waals surface area (Å²) in [5.41, 5.74) is 0.0630. The first-order chi connectivity index (χ1) is 11.4. The summed E-state index contributed by atoms with van der Waals surface area (Å²) in [6.07, 6.45) is -4.48. The van der Waals surface area contributed by atoms with Crippen molar-refractivity contribution < 1.29 is 23.1 Å². The summed E-state index contributed by atoms with van der Waals surface area (Å²) in [7, 11) is 0. The van der Waals surface area contributed by atoms with Crippen LogP contribution in [0.2, 0.25) is 0 Å². The molecule has 0 aliphatic heterocycles. The van der Waals surface area contributed by atoms with E-state index in [1.807, 2.05) is 30.3 Å². The fourth-order valence-corrected chi connectivity index (χ4v) is 2.15. The van der Waals surface area contributed by atoms with E-state index in [0.29, 0.717) is 0 Å². The standard InChI is InChI=1S/C17H17F3N2O2/c18-17(19,20)14-7-4-8-15(11-14)21-16(24)22(9-10-23)12-13-5-2-1-3-6-13/h1-8,11,23H,9-10,12H2,(H,21,24). The van der Waals surface area contributed by atoms with Crippen LogP contribution in [0.5, 0.6) is 0 Å². The van der Waals surface area contributed by atoms with Crippen molar-refractivity contribution in [3.63, 3.8) is 0 Å². The predicted octanol–water partition coefficient (Wildman–Crippen LogP) is 3.73. The van der Waals surface area contributed by atoms with Crippen molar-refractivity contribution in [1.29, 1.82) is 0 Å². The molecule has 0 saturated heterocycles. The maximum absolute atomic E-state index is 12.7. The van der Waals surface area contributed by atoms with E-state index in [-0.39, 0.29) is 25.4 Å². The number of halogens is 3. The van der Waals surface area contributed by atoms with Crippen molar-refractivity contribution in [2.75, 3.05) is 18.5 Å². The molecule has 0 aliphatic rings. The number of amides is 2. The van der Waals surface area contributed by atoms with Crippen LogP contribution in [0.1, 0.15) is 11.1 Å². The van der Waals surface area contributed by atoms with Gasteiger partial charge in [0.25, 0.3) is 0 Å². The molecule has 0 unspecified atom stereocenters. The minimum absolute atomic E-state index is 0.0471. The van der Waals surface area contributed by atoms with Gasteiger partial charge in [0.05, 0.1) is 12.2 Å². The Labute approximate surface area is 137 Å². The topological polar surface area (TPSA) is 52.6 Å². The Hall–Kier alpha value is -2.54. The number of anilines is 1. The van der Waals surface area contributed by atoms with E-state index in [2.05, 4.69) is 5.32 Å². The smallest absolute Gasteiger partial charge is 0.395 e. The van der Waals surface area contributed by atoms with Gasteiger partial charge in [-0.2, -0.15) is 13.2 Å². The molecule has 0 heterocycles. The Bertz CT molecular complexity index is 675. The first kappa shape index (κ1) is 17.8. The number of urea groups is 1. The Kier molecular flexibility index (Phi) is 5.81. The van der Waals surface area contributed by atoms with Crippen LogP contribution in [-0.4, -0.2) is 29.2 Å². The summed E-state index contributed by atoms with van der Waals surface area (Å²) in [6.45, 7) is 0.0642. The van der Waals surface area contributed by atoms with Crippen LogP contribution in [0.3, 0.4) is 0 Å². The summed E-state index contributed by atoms with van der Waals surface area (Å²) in [6, 6.07) is 13.0. The van der Waals surface area contributed by atoms with Crippen molar-refractivity contribution >= 4 is 11.7 Å². The lowest BCUT2D eigenvalue weighted by molar-refractivity contribution is -0.137. The third-order valence-corrected chi connectivity index (χ3v) is 3.31. The molecule has 2 rings (SSSR count). The molecule has 2 amide bonds. The number of hydrogen-bond acceptors (Lipinski definition) is 2. The van der Waals surface area contributed by atoms with Gasteiger partial charge in [-0.25, -0.2) is 4.79 Å². The highest BCUT2D eigenvalue weighted by atomic mass is 19.4. The average Bonchev–Trinajstić information content (AvgIpc) is 2.55. The molecule has 0 spiro atoms. The lowest BCUT2D eigenvalue weighted by atomic mass is 10.2. The second-order valence-corrected chi connectivity index (χ2v) is 5.14.